The molecule has 9 nitrogen and oxygen atoms in total. The highest BCUT2D eigenvalue weighted by Crippen LogP contribution is 2.33. The lowest BCUT2D eigenvalue weighted by molar-refractivity contribution is -0.137. The number of imidazole rings is 1. The maximum Gasteiger partial charge on any atom is 0.416 e. The third kappa shape index (κ3) is 4.60. The molecule has 1 atom stereocenters. The Morgan fingerprint density at radius 1 is 1.17 bits per heavy atom. The summed E-state index contributed by atoms with van der Waals surface area (Å²) in [6, 6.07) is 8.12. The number of halogens is 3. The van der Waals surface area contributed by atoms with Crippen LogP contribution in [0, 0.1) is 0 Å². The highest BCUT2D eigenvalue weighted by Gasteiger charge is 2.31. The second-order valence-corrected chi connectivity index (χ2v) is 8.43. The van der Waals surface area contributed by atoms with Crippen molar-refractivity contribution in [3.05, 3.63) is 71.9 Å². The molecule has 1 aromatic carbocycles. The van der Waals surface area contributed by atoms with Crippen LogP contribution in [-0.4, -0.2) is 56.9 Å². The van der Waals surface area contributed by atoms with Gasteiger partial charge in [0.1, 0.15) is 34.8 Å². The van der Waals surface area contributed by atoms with Crippen LogP contribution in [0.1, 0.15) is 27.8 Å². The quantitative estimate of drug-likeness (QED) is 0.443. The van der Waals surface area contributed by atoms with Crippen molar-refractivity contribution in [1.29, 1.82) is 0 Å². The van der Waals surface area contributed by atoms with Gasteiger partial charge in [-0.3, -0.25) is 9.20 Å². The van der Waals surface area contributed by atoms with Crippen molar-refractivity contribution in [2.24, 2.45) is 0 Å². The number of alkyl halides is 3. The molecule has 1 fully saturated rings. The van der Waals surface area contributed by atoms with E-state index in [-0.39, 0.29) is 17.5 Å². The summed E-state index contributed by atoms with van der Waals surface area (Å²) in [5.74, 6) is 0.203. The summed E-state index contributed by atoms with van der Waals surface area (Å²) in [6.07, 6.45) is -0.421. The predicted octanol–water partition coefficient (Wildman–Crippen LogP) is 3.65. The van der Waals surface area contributed by atoms with Gasteiger partial charge in [0, 0.05) is 42.8 Å². The van der Waals surface area contributed by atoms with Gasteiger partial charge in [-0.25, -0.2) is 15.0 Å². The van der Waals surface area contributed by atoms with Crippen molar-refractivity contribution in [3.8, 4) is 11.3 Å². The van der Waals surface area contributed by atoms with Gasteiger partial charge < -0.3 is 20.7 Å². The zero-order valence-corrected chi connectivity index (χ0v) is 19.2. The molecule has 186 valence electrons. The van der Waals surface area contributed by atoms with Gasteiger partial charge >= 0.3 is 6.18 Å². The Morgan fingerprint density at radius 3 is 2.67 bits per heavy atom. The third-order valence-electron chi connectivity index (χ3n) is 5.92. The van der Waals surface area contributed by atoms with E-state index in [1.807, 2.05) is 11.4 Å². The largest absolute Gasteiger partial charge is 0.416 e. The van der Waals surface area contributed by atoms with Crippen molar-refractivity contribution in [3.63, 3.8) is 0 Å². The lowest BCUT2D eigenvalue weighted by atomic mass is 10.1. The monoisotopic (exact) mass is 497 g/mol. The molecule has 4 aromatic rings. The third-order valence-corrected chi connectivity index (χ3v) is 5.92. The molecule has 1 saturated heterocycles. The second-order valence-electron chi connectivity index (χ2n) is 8.43. The molecule has 12 heteroatoms. The molecule has 4 heterocycles. The van der Waals surface area contributed by atoms with E-state index in [4.69, 9.17) is 15.5 Å². The molecule has 0 aliphatic carbocycles. The Hall–Kier alpha value is -4.03. The van der Waals surface area contributed by atoms with E-state index in [0.717, 1.165) is 24.9 Å². The summed E-state index contributed by atoms with van der Waals surface area (Å²) >= 11 is 0. The topological polar surface area (TPSA) is 111 Å². The van der Waals surface area contributed by atoms with Gasteiger partial charge in [0.25, 0.3) is 5.91 Å². The summed E-state index contributed by atoms with van der Waals surface area (Å²) < 4.78 is 46.6. The van der Waals surface area contributed by atoms with E-state index in [1.54, 1.807) is 36.7 Å². The SMILES string of the molecule is CN1CCO[C@@H](c2nc(-c3ccc(C(=O)Nc4cc(C(F)(F)F)ccn4)cc3)c3c(N)nccn23)C1. The fourth-order valence-corrected chi connectivity index (χ4v) is 4.09. The fraction of sp³-hybridized carbons (Fsp3) is 0.250. The zero-order chi connectivity index (χ0) is 25.4. The van der Waals surface area contributed by atoms with Crippen LogP contribution < -0.4 is 11.1 Å². The van der Waals surface area contributed by atoms with Crippen LogP contribution in [-0.2, 0) is 10.9 Å². The number of likely N-dealkylation sites (N-methyl/N-ethyl adjacent to an activating group) is 1. The predicted molar refractivity (Wildman–Crippen MR) is 126 cm³/mol. The van der Waals surface area contributed by atoms with E-state index >= 15 is 0 Å². The molecule has 1 aliphatic heterocycles. The number of anilines is 2. The number of ether oxygens (including phenoxy) is 1. The molecule has 0 unspecified atom stereocenters. The molecule has 1 amide bonds. The van der Waals surface area contributed by atoms with Crippen LogP contribution in [0.4, 0.5) is 24.8 Å². The number of morpholine rings is 1. The van der Waals surface area contributed by atoms with Crippen LogP contribution in [0.2, 0.25) is 0 Å². The molecule has 0 bridgehead atoms. The summed E-state index contributed by atoms with van der Waals surface area (Å²) in [7, 11) is 2.01. The van der Waals surface area contributed by atoms with Crippen molar-refractivity contribution < 1.29 is 22.7 Å². The number of carbonyl (C=O) groups excluding carboxylic acids is 1. The number of rotatable bonds is 4. The Balaban J connectivity index is 1.43. The normalized spacial score (nSPS) is 16.8. The van der Waals surface area contributed by atoms with E-state index in [0.29, 0.717) is 41.6 Å². The van der Waals surface area contributed by atoms with Crippen LogP contribution in [0.3, 0.4) is 0 Å². The van der Waals surface area contributed by atoms with Crippen molar-refractivity contribution in [2.75, 3.05) is 37.8 Å². The smallest absolute Gasteiger partial charge is 0.382 e. The number of benzene rings is 1. The van der Waals surface area contributed by atoms with E-state index in [1.165, 1.54) is 0 Å². The van der Waals surface area contributed by atoms with Gasteiger partial charge in [0.2, 0.25) is 0 Å². The molecule has 5 rings (SSSR count). The van der Waals surface area contributed by atoms with Crippen LogP contribution >= 0.6 is 0 Å². The molecule has 1 aliphatic rings. The summed E-state index contributed by atoms with van der Waals surface area (Å²) in [5, 5.41) is 2.40. The number of nitrogens with two attached hydrogens (primary N) is 1. The number of aromatic nitrogens is 4. The first-order chi connectivity index (χ1) is 17.2. The van der Waals surface area contributed by atoms with Gasteiger partial charge in [0.05, 0.1) is 12.2 Å². The number of nitrogens with zero attached hydrogens (tertiary/aromatic N) is 5. The number of pyridine rings is 1. The van der Waals surface area contributed by atoms with Gasteiger partial charge in [0.15, 0.2) is 0 Å². The summed E-state index contributed by atoms with van der Waals surface area (Å²) in [6.45, 7) is 2.08. The summed E-state index contributed by atoms with van der Waals surface area (Å²) in [4.78, 5) is 27.6. The van der Waals surface area contributed by atoms with Crippen molar-refractivity contribution in [2.45, 2.75) is 12.3 Å². The summed E-state index contributed by atoms with van der Waals surface area (Å²) in [5.41, 5.74) is 7.43. The minimum Gasteiger partial charge on any atom is -0.382 e. The Kier molecular flexibility index (Phi) is 6.06. The molecule has 0 radical (unpaired) electrons. The number of hydrogen-bond donors (Lipinski definition) is 2. The Bertz CT molecular complexity index is 1420. The first-order valence-electron chi connectivity index (χ1n) is 11.1. The molecule has 0 spiro atoms. The zero-order valence-electron chi connectivity index (χ0n) is 19.2. The fourth-order valence-electron chi connectivity index (χ4n) is 4.09. The van der Waals surface area contributed by atoms with E-state index in [9.17, 15) is 18.0 Å². The number of fused-ring (bicyclic) bond motifs is 1. The highest BCUT2D eigenvalue weighted by molar-refractivity contribution is 6.04. The number of carbonyl (C=O) groups is 1. The average Bonchev–Trinajstić information content (AvgIpc) is 3.25. The minimum absolute atomic E-state index is 0.195. The minimum atomic E-state index is -4.54. The molecule has 0 saturated carbocycles. The number of hydrogen-bond acceptors (Lipinski definition) is 7. The Labute approximate surface area is 203 Å². The molecular formula is C24H22F3N7O2. The first kappa shape index (κ1) is 23.7. The van der Waals surface area contributed by atoms with Gasteiger partial charge in [-0.1, -0.05) is 12.1 Å². The van der Waals surface area contributed by atoms with Gasteiger partial charge in [-0.15, -0.1) is 0 Å². The molecule has 36 heavy (non-hydrogen) atoms. The highest BCUT2D eigenvalue weighted by atomic mass is 19.4. The number of nitrogens with one attached hydrogen (secondary N) is 1. The Morgan fingerprint density at radius 2 is 1.94 bits per heavy atom. The van der Waals surface area contributed by atoms with E-state index in [2.05, 4.69) is 20.2 Å². The van der Waals surface area contributed by atoms with Gasteiger partial charge in [-0.2, -0.15) is 13.2 Å². The first-order valence-corrected chi connectivity index (χ1v) is 11.1. The second kappa shape index (κ2) is 9.21. The van der Waals surface area contributed by atoms with Crippen molar-refractivity contribution >= 4 is 23.1 Å². The van der Waals surface area contributed by atoms with Crippen LogP contribution in [0.5, 0.6) is 0 Å². The van der Waals surface area contributed by atoms with Crippen LogP contribution in [0.25, 0.3) is 16.8 Å². The van der Waals surface area contributed by atoms with E-state index < -0.39 is 17.6 Å². The molecule has 3 N–H and O–H groups in total. The lowest BCUT2D eigenvalue weighted by Crippen LogP contribution is -2.36. The number of nitrogen functional groups attached to an aromatic ring is 1. The lowest BCUT2D eigenvalue weighted by Gasteiger charge is -2.29. The molecular weight excluding hydrogens is 475 g/mol. The molecule has 3 aromatic heterocycles. The number of amides is 1. The van der Waals surface area contributed by atoms with Gasteiger partial charge in [-0.05, 0) is 31.3 Å². The van der Waals surface area contributed by atoms with Crippen LogP contribution in [0.15, 0.2) is 55.0 Å². The average molecular weight is 497 g/mol. The maximum absolute atomic E-state index is 12.9. The standard InChI is InChI=1S/C24H22F3N7O2/c1-33-10-11-36-17(13-33)22-32-19(20-21(28)30-8-9-34(20)22)14-2-4-15(5-3-14)23(35)31-18-12-16(6-7-29-18)24(25,26)27/h2-9,12,17H,10-11,13H2,1H3,(H2,28,30)(H,29,31,35)/t17-/m1/s1. The van der Waals surface area contributed by atoms with Crippen molar-refractivity contribution in [1.82, 2.24) is 24.3 Å². The maximum atomic E-state index is 12.9.